The Bertz CT molecular complexity index is 180. The van der Waals surface area contributed by atoms with E-state index in [0.29, 0.717) is 5.78 Å². The van der Waals surface area contributed by atoms with E-state index >= 15 is 0 Å². The summed E-state index contributed by atoms with van der Waals surface area (Å²) in [5.74, 6) is 0.432. The quantitative estimate of drug-likeness (QED) is 0.639. The van der Waals surface area contributed by atoms with Crippen LogP contribution < -0.4 is 0 Å². The number of hydrogen-bond donors (Lipinski definition) is 0. The highest BCUT2D eigenvalue weighted by Crippen LogP contribution is 2.15. The van der Waals surface area contributed by atoms with Crippen molar-refractivity contribution in [1.82, 2.24) is 9.80 Å². The average molecular weight is 184 g/mol. The maximum Gasteiger partial charge on any atom is 0.151 e. The van der Waals surface area contributed by atoms with Crippen molar-refractivity contribution < 1.29 is 4.79 Å². The zero-order valence-corrected chi connectivity index (χ0v) is 8.92. The average Bonchev–Trinajstić information content (AvgIpc) is 2.34. The molecule has 0 spiro atoms. The molecule has 1 saturated heterocycles. The highest BCUT2D eigenvalue weighted by Gasteiger charge is 2.28. The second-order valence-corrected chi connectivity index (χ2v) is 4.16. The van der Waals surface area contributed by atoms with E-state index in [1.807, 2.05) is 7.05 Å². The van der Waals surface area contributed by atoms with Gasteiger partial charge in [-0.15, -0.1) is 0 Å². The van der Waals surface area contributed by atoms with E-state index in [4.69, 9.17) is 0 Å². The molecule has 0 amide bonds. The molecule has 0 bridgehead atoms. The van der Waals surface area contributed by atoms with Gasteiger partial charge in [0.15, 0.2) is 5.78 Å². The Kier molecular flexibility index (Phi) is 3.88. The van der Waals surface area contributed by atoms with E-state index in [2.05, 4.69) is 23.9 Å². The number of carbonyl (C=O) groups excluding carboxylic acids is 1. The van der Waals surface area contributed by atoms with Crippen molar-refractivity contribution >= 4 is 5.78 Å². The third kappa shape index (κ3) is 3.08. The van der Waals surface area contributed by atoms with Gasteiger partial charge in [0.1, 0.15) is 0 Å². The minimum absolute atomic E-state index is 0.208. The van der Waals surface area contributed by atoms with E-state index in [9.17, 15) is 4.79 Å². The van der Waals surface area contributed by atoms with Gasteiger partial charge in [-0.3, -0.25) is 9.69 Å². The number of ketones is 1. The molecule has 0 aliphatic carbocycles. The molecule has 1 unspecified atom stereocenters. The van der Waals surface area contributed by atoms with Crippen molar-refractivity contribution in [2.75, 3.05) is 34.2 Å². The Hall–Kier alpha value is -0.410. The third-order valence-electron chi connectivity index (χ3n) is 2.70. The van der Waals surface area contributed by atoms with Gasteiger partial charge in [-0.25, -0.2) is 0 Å². The number of hydrogen-bond acceptors (Lipinski definition) is 3. The lowest BCUT2D eigenvalue weighted by molar-refractivity contribution is -0.119. The number of carbonyl (C=O) groups is 1. The summed E-state index contributed by atoms with van der Waals surface area (Å²) >= 11 is 0. The smallest absolute Gasteiger partial charge is 0.151 e. The summed E-state index contributed by atoms with van der Waals surface area (Å²) in [5.41, 5.74) is 0. The molecule has 0 saturated carbocycles. The molecule has 0 aromatic carbocycles. The molecule has 3 nitrogen and oxygen atoms in total. The van der Waals surface area contributed by atoms with Crippen molar-refractivity contribution in [3.8, 4) is 0 Å². The largest absolute Gasteiger partial charge is 0.309 e. The first-order valence-electron chi connectivity index (χ1n) is 4.99. The van der Waals surface area contributed by atoms with Crippen LogP contribution in [-0.4, -0.2) is 55.9 Å². The first kappa shape index (κ1) is 10.7. The molecular formula is C10H20N2O. The summed E-state index contributed by atoms with van der Waals surface area (Å²) in [4.78, 5) is 15.7. The van der Waals surface area contributed by atoms with Gasteiger partial charge in [-0.1, -0.05) is 0 Å². The molecule has 1 fully saturated rings. The summed E-state index contributed by atoms with van der Waals surface area (Å²) in [6, 6.07) is 0.208. The van der Waals surface area contributed by atoms with Gasteiger partial charge in [0.05, 0.1) is 6.04 Å². The highest BCUT2D eigenvalue weighted by atomic mass is 16.1. The number of Topliss-reactive ketones (excluding diaryl/α,β-unsaturated/α-hetero) is 1. The van der Waals surface area contributed by atoms with Crippen LogP contribution >= 0.6 is 0 Å². The van der Waals surface area contributed by atoms with Crippen LogP contribution in [0.2, 0.25) is 0 Å². The fourth-order valence-corrected chi connectivity index (χ4v) is 1.84. The van der Waals surface area contributed by atoms with Gasteiger partial charge >= 0.3 is 0 Å². The van der Waals surface area contributed by atoms with Crippen molar-refractivity contribution in [2.24, 2.45) is 0 Å². The summed E-state index contributed by atoms with van der Waals surface area (Å²) in [5, 5.41) is 0. The van der Waals surface area contributed by atoms with Gasteiger partial charge < -0.3 is 4.90 Å². The lowest BCUT2D eigenvalue weighted by Crippen LogP contribution is -2.30. The maximum absolute atomic E-state index is 11.4. The van der Waals surface area contributed by atoms with Crippen LogP contribution in [0.4, 0.5) is 0 Å². The monoisotopic (exact) mass is 184 g/mol. The van der Waals surface area contributed by atoms with Crippen LogP contribution in [0.5, 0.6) is 0 Å². The topological polar surface area (TPSA) is 23.6 Å². The second-order valence-electron chi connectivity index (χ2n) is 4.16. The summed E-state index contributed by atoms with van der Waals surface area (Å²) in [7, 11) is 6.19. The molecule has 3 heteroatoms. The molecule has 13 heavy (non-hydrogen) atoms. The van der Waals surface area contributed by atoms with Gasteiger partial charge in [-0.05, 0) is 40.5 Å². The summed E-state index contributed by atoms with van der Waals surface area (Å²) in [6.07, 6.45) is 2.89. The Labute approximate surface area is 80.7 Å². The van der Waals surface area contributed by atoms with Crippen LogP contribution in [0, 0.1) is 0 Å². The van der Waals surface area contributed by atoms with Crippen LogP contribution in [-0.2, 0) is 4.79 Å². The molecule has 0 aromatic rings. The van der Waals surface area contributed by atoms with Gasteiger partial charge in [0.25, 0.3) is 0 Å². The van der Waals surface area contributed by atoms with E-state index in [1.54, 1.807) is 0 Å². The lowest BCUT2D eigenvalue weighted by Gasteiger charge is -2.18. The Morgan fingerprint density at radius 2 is 2.23 bits per heavy atom. The molecule has 0 radical (unpaired) electrons. The van der Waals surface area contributed by atoms with Crippen molar-refractivity contribution in [2.45, 2.75) is 25.3 Å². The Morgan fingerprint density at radius 1 is 1.54 bits per heavy atom. The number of nitrogens with zero attached hydrogens (tertiary/aromatic N) is 2. The van der Waals surface area contributed by atoms with E-state index < -0.39 is 0 Å². The van der Waals surface area contributed by atoms with Gasteiger partial charge in [0.2, 0.25) is 0 Å². The molecule has 1 heterocycles. The Morgan fingerprint density at radius 3 is 2.69 bits per heavy atom. The van der Waals surface area contributed by atoms with Crippen LogP contribution in [0.3, 0.4) is 0 Å². The predicted molar refractivity (Wildman–Crippen MR) is 53.8 cm³/mol. The summed E-state index contributed by atoms with van der Waals surface area (Å²) in [6.45, 7) is 2.03. The SMILES string of the molecule is CN(C)CCCC1C(=O)CCN1C. The zero-order valence-electron chi connectivity index (χ0n) is 8.92. The fraction of sp³-hybridized carbons (Fsp3) is 0.900. The van der Waals surface area contributed by atoms with E-state index in [-0.39, 0.29) is 6.04 Å². The van der Waals surface area contributed by atoms with Gasteiger partial charge in [-0.2, -0.15) is 0 Å². The van der Waals surface area contributed by atoms with E-state index in [1.165, 1.54) is 0 Å². The van der Waals surface area contributed by atoms with Gasteiger partial charge in [0, 0.05) is 13.0 Å². The molecule has 1 atom stereocenters. The molecule has 1 aliphatic heterocycles. The molecular weight excluding hydrogens is 164 g/mol. The van der Waals surface area contributed by atoms with Crippen molar-refractivity contribution in [1.29, 1.82) is 0 Å². The van der Waals surface area contributed by atoms with E-state index in [0.717, 1.165) is 32.4 Å². The lowest BCUT2D eigenvalue weighted by atomic mass is 10.1. The maximum atomic E-state index is 11.4. The highest BCUT2D eigenvalue weighted by molar-refractivity contribution is 5.86. The molecule has 0 N–H and O–H groups in total. The second kappa shape index (κ2) is 4.72. The third-order valence-corrected chi connectivity index (χ3v) is 2.70. The predicted octanol–water partition coefficient (Wildman–Crippen LogP) is 0.601. The molecule has 1 rings (SSSR count). The first-order valence-corrected chi connectivity index (χ1v) is 4.99. The Balaban J connectivity index is 2.23. The number of likely N-dealkylation sites (N-methyl/N-ethyl adjacent to an activating group) is 1. The normalized spacial score (nSPS) is 24.6. The van der Waals surface area contributed by atoms with Crippen molar-refractivity contribution in [3.05, 3.63) is 0 Å². The fourth-order valence-electron chi connectivity index (χ4n) is 1.84. The molecule has 76 valence electrons. The van der Waals surface area contributed by atoms with Crippen molar-refractivity contribution in [3.63, 3.8) is 0 Å². The van der Waals surface area contributed by atoms with Crippen LogP contribution in [0.15, 0.2) is 0 Å². The summed E-state index contributed by atoms with van der Waals surface area (Å²) < 4.78 is 0. The standard InChI is InChI=1S/C10H20N2O/c1-11(2)7-4-5-9-10(13)6-8-12(9)3/h9H,4-8H2,1-3H3. The van der Waals surface area contributed by atoms with Crippen LogP contribution in [0.25, 0.3) is 0 Å². The zero-order chi connectivity index (χ0) is 9.84. The number of likely N-dealkylation sites (tertiary alicyclic amines) is 1. The number of rotatable bonds is 4. The van der Waals surface area contributed by atoms with Crippen LogP contribution in [0.1, 0.15) is 19.3 Å². The first-order chi connectivity index (χ1) is 6.11. The minimum atomic E-state index is 0.208. The molecule has 0 aromatic heterocycles. The minimum Gasteiger partial charge on any atom is -0.309 e. The molecule has 1 aliphatic rings.